The van der Waals surface area contributed by atoms with Gasteiger partial charge in [0.15, 0.2) is 0 Å². The molecule has 3 aromatic carbocycles. The Bertz CT molecular complexity index is 977. The van der Waals surface area contributed by atoms with E-state index < -0.39 is 46.3 Å². The predicted molar refractivity (Wildman–Crippen MR) is 111 cm³/mol. The molecule has 1 saturated heterocycles. The molecular weight excluding hydrogens is 488 g/mol. The van der Waals surface area contributed by atoms with Crippen LogP contribution in [-0.2, 0) is 16.5 Å². The van der Waals surface area contributed by atoms with E-state index in [2.05, 4.69) is 8.23 Å². The van der Waals surface area contributed by atoms with Crippen LogP contribution in [0, 0.1) is 0 Å². The predicted octanol–water partition coefficient (Wildman–Crippen LogP) is 2.89. The van der Waals surface area contributed by atoms with Gasteiger partial charge in [-0.1, -0.05) is 91.0 Å². The minimum atomic E-state index is -6.49. The van der Waals surface area contributed by atoms with Gasteiger partial charge in [-0.05, 0) is 0 Å². The topological polar surface area (TPSA) is 36.9 Å². The van der Waals surface area contributed by atoms with Crippen LogP contribution < -0.4 is 15.6 Å². The van der Waals surface area contributed by atoms with Crippen molar-refractivity contribution in [2.45, 2.75) is 0 Å². The van der Waals surface area contributed by atoms with Crippen molar-refractivity contribution >= 4 is 51.5 Å². The second-order valence-corrected chi connectivity index (χ2v) is 15.7. The molecule has 13 heteroatoms. The summed E-state index contributed by atoms with van der Waals surface area (Å²) >= 11 is 0. The van der Waals surface area contributed by atoms with Crippen LogP contribution in [-0.4, -0.2) is 35.9 Å². The van der Waals surface area contributed by atoms with Crippen LogP contribution in [0.3, 0.4) is 0 Å². The van der Waals surface area contributed by atoms with Crippen molar-refractivity contribution in [1.82, 2.24) is 0 Å². The average molecular weight is 503 g/mol. The quantitative estimate of drug-likeness (QED) is 0.314. The van der Waals surface area contributed by atoms with Gasteiger partial charge in [-0.2, -0.15) is 0 Å². The number of hydrogen-bond donors (Lipinski definition) is 0. The second-order valence-electron chi connectivity index (χ2n) is 6.58. The van der Waals surface area contributed by atoms with Crippen molar-refractivity contribution < 1.29 is 37.0 Å². The van der Waals surface area contributed by atoms with Crippen molar-refractivity contribution in [3.63, 3.8) is 0 Å². The van der Waals surface area contributed by atoms with E-state index in [1.54, 1.807) is 6.07 Å². The van der Waals surface area contributed by atoms with Crippen LogP contribution in [0.1, 0.15) is 0 Å². The minimum absolute atomic E-state index is 0.301. The van der Waals surface area contributed by atoms with E-state index in [1.807, 2.05) is 0 Å². The van der Waals surface area contributed by atoms with E-state index in [0.717, 1.165) is 24.3 Å². The molecule has 0 aliphatic carbocycles. The zero-order chi connectivity index (χ0) is 22.2. The Morgan fingerprint density at radius 1 is 0.387 bits per heavy atom. The zero-order valence-electron chi connectivity index (χ0n) is 15.7. The van der Waals surface area contributed by atoms with Gasteiger partial charge >= 0.3 is 35.9 Å². The van der Waals surface area contributed by atoms with Crippen LogP contribution in [0.2, 0.25) is 0 Å². The van der Waals surface area contributed by atoms with E-state index in [-0.39, 0.29) is 5.19 Å². The summed E-state index contributed by atoms with van der Waals surface area (Å²) in [6.45, 7) is 0. The van der Waals surface area contributed by atoms with E-state index in [4.69, 9.17) is 8.23 Å². The largest absolute Gasteiger partial charge is 0.746 e. The molecule has 0 amide bonds. The summed E-state index contributed by atoms with van der Waals surface area (Å²) < 4.78 is 96.3. The molecule has 3 atom stereocenters. The van der Waals surface area contributed by atoms with Crippen molar-refractivity contribution in [3.8, 4) is 0 Å². The van der Waals surface area contributed by atoms with Crippen LogP contribution >= 0.6 is 0 Å². The molecule has 0 saturated carbocycles. The SMILES string of the molecule is F[Si]1(F)O[Si@](F)(c2ccccc2)O[Si](F)(c2ccccc2)O[Si@](F)(c2ccccc2)O1. The first kappa shape index (κ1) is 22.2. The monoisotopic (exact) mass is 502 g/mol. The Morgan fingerprint density at radius 3 is 0.935 bits per heavy atom. The van der Waals surface area contributed by atoms with Gasteiger partial charge in [-0.3, -0.25) is 0 Å². The molecule has 1 unspecified atom stereocenters. The lowest BCUT2D eigenvalue weighted by molar-refractivity contribution is 0.119. The highest BCUT2D eigenvalue weighted by atomic mass is 28.6. The van der Waals surface area contributed by atoms with Gasteiger partial charge < -0.3 is 16.5 Å². The molecule has 1 aliphatic heterocycles. The van der Waals surface area contributed by atoms with Gasteiger partial charge in [-0.15, -0.1) is 0 Å². The first-order chi connectivity index (χ1) is 14.6. The van der Waals surface area contributed by atoms with Crippen LogP contribution in [0.25, 0.3) is 0 Å². The molecule has 0 N–H and O–H groups in total. The van der Waals surface area contributed by atoms with E-state index >= 15 is 12.3 Å². The third-order valence-electron chi connectivity index (χ3n) is 4.38. The lowest BCUT2D eigenvalue weighted by atomic mass is 10.4. The summed E-state index contributed by atoms with van der Waals surface area (Å²) in [4.78, 5) is 0. The summed E-state index contributed by atoms with van der Waals surface area (Å²) in [6.07, 6.45) is 0. The summed E-state index contributed by atoms with van der Waals surface area (Å²) in [6, 6.07) is 19.8. The molecule has 162 valence electrons. The fourth-order valence-corrected chi connectivity index (χ4v) is 14.9. The summed E-state index contributed by atoms with van der Waals surface area (Å²) in [5, 5.41) is -1.12. The molecular formula is C18H15F5O4Si4. The molecule has 0 radical (unpaired) electrons. The average Bonchev–Trinajstić information content (AvgIpc) is 2.74. The molecule has 31 heavy (non-hydrogen) atoms. The Labute approximate surface area is 179 Å². The maximum absolute atomic E-state index is 16.3. The normalized spacial score (nSPS) is 30.9. The van der Waals surface area contributed by atoms with Crippen LogP contribution in [0.5, 0.6) is 0 Å². The maximum atomic E-state index is 16.3. The number of hydrogen-bond acceptors (Lipinski definition) is 4. The fraction of sp³-hybridized carbons (Fsp3) is 0. The maximum Gasteiger partial charge on any atom is 0.746 e. The molecule has 1 heterocycles. The smallest absolute Gasteiger partial charge is 0.359 e. The van der Waals surface area contributed by atoms with Gasteiger partial charge in [0, 0.05) is 15.6 Å². The summed E-state index contributed by atoms with van der Waals surface area (Å²) in [5.74, 6) is 0. The van der Waals surface area contributed by atoms with Crippen LogP contribution in [0.4, 0.5) is 20.5 Å². The first-order valence-corrected chi connectivity index (χ1v) is 15.7. The lowest BCUT2D eigenvalue weighted by Gasteiger charge is -2.38. The molecule has 3 aromatic rings. The van der Waals surface area contributed by atoms with Crippen LogP contribution in [0.15, 0.2) is 91.0 Å². The Kier molecular flexibility index (Phi) is 5.86. The Balaban J connectivity index is 1.87. The highest BCUT2D eigenvalue weighted by Gasteiger charge is 2.71. The van der Waals surface area contributed by atoms with Gasteiger partial charge in [-0.25, -0.2) is 20.5 Å². The first-order valence-electron chi connectivity index (χ1n) is 9.06. The third kappa shape index (κ3) is 4.63. The van der Waals surface area contributed by atoms with Crippen molar-refractivity contribution in [2.24, 2.45) is 0 Å². The molecule has 0 spiro atoms. The summed E-state index contributed by atoms with van der Waals surface area (Å²) in [7, 11) is -23.2. The van der Waals surface area contributed by atoms with Crippen molar-refractivity contribution in [1.29, 1.82) is 0 Å². The fourth-order valence-electron chi connectivity index (χ4n) is 2.99. The molecule has 0 bridgehead atoms. The zero-order valence-corrected chi connectivity index (χ0v) is 19.7. The molecule has 1 aliphatic rings. The standard InChI is InChI=1S/C18H15F5O4Si4/c19-28(16-10-4-1-5-11-16)24-29(20,17-12-6-2-7-13-17)26-31(22,23)27-30(21,25-28)18-14-8-3-9-15-18/h1-15H/t28?,29-,30+. The molecule has 4 nitrogen and oxygen atoms in total. The molecule has 1 fully saturated rings. The Hall–Kier alpha value is -1.98. The number of benzene rings is 3. The van der Waals surface area contributed by atoms with Crippen molar-refractivity contribution in [3.05, 3.63) is 91.0 Å². The van der Waals surface area contributed by atoms with E-state index in [1.165, 1.54) is 60.7 Å². The number of halogens is 5. The molecule has 0 aromatic heterocycles. The second kappa shape index (κ2) is 8.17. The van der Waals surface area contributed by atoms with Gasteiger partial charge in [0.05, 0.1) is 0 Å². The van der Waals surface area contributed by atoms with Crippen molar-refractivity contribution in [2.75, 3.05) is 0 Å². The highest BCUT2D eigenvalue weighted by molar-refractivity contribution is 6.97. The van der Waals surface area contributed by atoms with Gasteiger partial charge in [0.1, 0.15) is 0 Å². The third-order valence-corrected chi connectivity index (χ3v) is 15.7. The summed E-state index contributed by atoms with van der Waals surface area (Å²) in [5.41, 5.74) is 0. The number of rotatable bonds is 3. The van der Waals surface area contributed by atoms with E-state index in [0.29, 0.717) is 0 Å². The van der Waals surface area contributed by atoms with Gasteiger partial charge in [0.2, 0.25) is 0 Å². The van der Waals surface area contributed by atoms with E-state index in [9.17, 15) is 8.22 Å². The highest BCUT2D eigenvalue weighted by Crippen LogP contribution is 2.33. The van der Waals surface area contributed by atoms with Gasteiger partial charge in [0.25, 0.3) is 0 Å². The lowest BCUT2D eigenvalue weighted by Crippen LogP contribution is -2.73. The Morgan fingerprint density at radius 2 is 0.645 bits per heavy atom. The molecule has 4 rings (SSSR count). The minimum Gasteiger partial charge on any atom is -0.359 e.